The Morgan fingerprint density at radius 2 is 2.38 bits per heavy atom. The van der Waals surface area contributed by atoms with Gasteiger partial charge in [-0.1, -0.05) is 12.1 Å². The molecule has 2 rings (SSSR count). The number of amides is 1. The standard InChI is InChI=1S/C16H24N2O2S/c1-20-9-8-18(15-7-10-21-12-15)16(19)6-5-13-3-2-4-14(17)11-13/h2-4,11,15H,5-10,12,17H2,1H3. The molecule has 1 aliphatic heterocycles. The van der Waals surface area contributed by atoms with Gasteiger partial charge in [0.1, 0.15) is 0 Å². The molecular weight excluding hydrogens is 284 g/mol. The van der Waals surface area contributed by atoms with Crippen molar-refractivity contribution in [1.82, 2.24) is 4.90 Å². The number of nitrogens with zero attached hydrogens (tertiary/aromatic N) is 1. The fourth-order valence-electron chi connectivity index (χ4n) is 2.61. The SMILES string of the molecule is COCCN(C(=O)CCc1cccc(N)c1)C1CCSC1. The van der Waals surface area contributed by atoms with Crippen molar-refractivity contribution in [2.45, 2.75) is 25.3 Å². The summed E-state index contributed by atoms with van der Waals surface area (Å²) in [5, 5.41) is 0. The van der Waals surface area contributed by atoms with E-state index in [1.807, 2.05) is 40.9 Å². The largest absolute Gasteiger partial charge is 0.399 e. The Hall–Kier alpha value is -1.20. The minimum Gasteiger partial charge on any atom is -0.399 e. The predicted octanol–water partition coefficient (Wildman–Crippen LogP) is 2.18. The molecular formula is C16H24N2O2S. The minimum absolute atomic E-state index is 0.224. The van der Waals surface area contributed by atoms with Crippen molar-refractivity contribution in [2.24, 2.45) is 0 Å². The van der Waals surface area contributed by atoms with Crippen molar-refractivity contribution in [3.8, 4) is 0 Å². The normalized spacial score (nSPS) is 17.9. The molecule has 0 radical (unpaired) electrons. The Morgan fingerprint density at radius 1 is 1.52 bits per heavy atom. The van der Waals surface area contributed by atoms with E-state index in [0.29, 0.717) is 25.6 Å². The number of nitrogen functional groups attached to an aromatic ring is 1. The van der Waals surface area contributed by atoms with Crippen LogP contribution in [0, 0.1) is 0 Å². The summed E-state index contributed by atoms with van der Waals surface area (Å²) in [5.41, 5.74) is 7.65. The Bertz CT molecular complexity index is 461. The van der Waals surface area contributed by atoms with Crippen LogP contribution >= 0.6 is 11.8 Å². The van der Waals surface area contributed by atoms with Crippen LogP contribution in [-0.4, -0.2) is 48.6 Å². The van der Waals surface area contributed by atoms with Gasteiger partial charge in [-0.05, 0) is 36.3 Å². The van der Waals surface area contributed by atoms with Crippen LogP contribution in [0.25, 0.3) is 0 Å². The second-order valence-corrected chi connectivity index (χ2v) is 6.49. The summed E-state index contributed by atoms with van der Waals surface area (Å²) in [6, 6.07) is 8.14. The summed E-state index contributed by atoms with van der Waals surface area (Å²) in [4.78, 5) is 14.5. The molecule has 21 heavy (non-hydrogen) atoms. The quantitative estimate of drug-likeness (QED) is 0.785. The van der Waals surface area contributed by atoms with E-state index in [4.69, 9.17) is 10.5 Å². The van der Waals surface area contributed by atoms with Gasteiger partial charge in [0.05, 0.1) is 6.61 Å². The van der Waals surface area contributed by atoms with E-state index in [-0.39, 0.29) is 5.91 Å². The first-order valence-corrected chi connectivity index (χ1v) is 8.56. The van der Waals surface area contributed by atoms with Crippen molar-refractivity contribution >= 4 is 23.4 Å². The number of nitrogens with two attached hydrogens (primary N) is 1. The number of carbonyl (C=O) groups excluding carboxylic acids is 1. The molecule has 0 spiro atoms. The lowest BCUT2D eigenvalue weighted by Crippen LogP contribution is -2.42. The van der Waals surface area contributed by atoms with Gasteiger partial charge in [0.2, 0.25) is 5.91 Å². The average Bonchev–Trinajstić information content (AvgIpc) is 3.00. The smallest absolute Gasteiger partial charge is 0.223 e. The van der Waals surface area contributed by atoms with Crippen LogP contribution in [0.3, 0.4) is 0 Å². The summed E-state index contributed by atoms with van der Waals surface area (Å²) < 4.78 is 5.14. The highest BCUT2D eigenvalue weighted by Crippen LogP contribution is 2.23. The van der Waals surface area contributed by atoms with Gasteiger partial charge in [-0.3, -0.25) is 4.79 Å². The van der Waals surface area contributed by atoms with Gasteiger partial charge in [-0.2, -0.15) is 11.8 Å². The number of methoxy groups -OCH3 is 1. The number of benzene rings is 1. The van der Waals surface area contributed by atoms with E-state index in [1.165, 1.54) is 0 Å². The van der Waals surface area contributed by atoms with Crippen LogP contribution in [0.5, 0.6) is 0 Å². The topological polar surface area (TPSA) is 55.6 Å². The van der Waals surface area contributed by atoms with Crippen LogP contribution in [0.15, 0.2) is 24.3 Å². The molecule has 1 amide bonds. The van der Waals surface area contributed by atoms with E-state index >= 15 is 0 Å². The molecule has 1 fully saturated rings. The molecule has 4 nitrogen and oxygen atoms in total. The molecule has 1 aliphatic rings. The molecule has 0 saturated carbocycles. The number of thioether (sulfide) groups is 1. The average molecular weight is 308 g/mol. The van der Waals surface area contributed by atoms with Gasteiger partial charge in [-0.25, -0.2) is 0 Å². The third-order valence-electron chi connectivity index (χ3n) is 3.78. The van der Waals surface area contributed by atoms with Gasteiger partial charge in [0.15, 0.2) is 0 Å². The number of hydrogen-bond donors (Lipinski definition) is 1. The van der Waals surface area contributed by atoms with Crippen LogP contribution in [-0.2, 0) is 16.0 Å². The monoisotopic (exact) mass is 308 g/mol. The molecule has 1 aromatic rings. The Kier molecular flexibility index (Phi) is 6.39. The highest BCUT2D eigenvalue weighted by molar-refractivity contribution is 7.99. The number of aryl methyl sites for hydroxylation is 1. The lowest BCUT2D eigenvalue weighted by Gasteiger charge is -2.28. The van der Waals surface area contributed by atoms with E-state index in [2.05, 4.69) is 0 Å². The van der Waals surface area contributed by atoms with E-state index in [0.717, 1.165) is 35.6 Å². The fourth-order valence-corrected chi connectivity index (χ4v) is 3.84. The summed E-state index contributed by atoms with van der Waals surface area (Å²) in [5.74, 6) is 2.42. The number of ether oxygens (including phenoxy) is 1. The first-order valence-electron chi connectivity index (χ1n) is 7.41. The molecule has 1 atom stereocenters. The van der Waals surface area contributed by atoms with E-state index in [1.54, 1.807) is 7.11 Å². The summed E-state index contributed by atoms with van der Waals surface area (Å²) >= 11 is 1.93. The van der Waals surface area contributed by atoms with Crippen LogP contribution in [0.4, 0.5) is 5.69 Å². The third kappa shape index (κ3) is 4.93. The van der Waals surface area contributed by atoms with Crippen molar-refractivity contribution in [3.63, 3.8) is 0 Å². The molecule has 1 unspecified atom stereocenters. The van der Waals surface area contributed by atoms with Gasteiger partial charge in [-0.15, -0.1) is 0 Å². The molecule has 116 valence electrons. The van der Waals surface area contributed by atoms with Gasteiger partial charge >= 0.3 is 0 Å². The predicted molar refractivity (Wildman–Crippen MR) is 88.5 cm³/mol. The van der Waals surface area contributed by atoms with Crippen LogP contribution < -0.4 is 5.73 Å². The van der Waals surface area contributed by atoms with Gasteiger partial charge < -0.3 is 15.4 Å². The lowest BCUT2D eigenvalue weighted by atomic mass is 10.1. The van der Waals surface area contributed by atoms with E-state index in [9.17, 15) is 4.79 Å². The van der Waals surface area contributed by atoms with E-state index < -0.39 is 0 Å². The summed E-state index contributed by atoms with van der Waals surface area (Å²) in [6.07, 6.45) is 2.37. The highest BCUT2D eigenvalue weighted by atomic mass is 32.2. The molecule has 5 heteroatoms. The first-order chi connectivity index (χ1) is 10.2. The maximum atomic E-state index is 12.5. The number of anilines is 1. The van der Waals surface area contributed by atoms with Crippen molar-refractivity contribution in [3.05, 3.63) is 29.8 Å². The molecule has 0 bridgehead atoms. The minimum atomic E-state index is 0.224. The zero-order valence-electron chi connectivity index (χ0n) is 12.6. The zero-order chi connectivity index (χ0) is 15.1. The van der Waals surface area contributed by atoms with Crippen molar-refractivity contribution in [2.75, 3.05) is 37.5 Å². The fraction of sp³-hybridized carbons (Fsp3) is 0.562. The third-order valence-corrected chi connectivity index (χ3v) is 4.93. The second-order valence-electron chi connectivity index (χ2n) is 5.34. The zero-order valence-corrected chi connectivity index (χ0v) is 13.4. The maximum Gasteiger partial charge on any atom is 0.223 e. The molecule has 0 aliphatic carbocycles. The van der Waals surface area contributed by atoms with Gasteiger partial charge in [0.25, 0.3) is 0 Å². The number of hydrogen-bond acceptors (Lipinski definition) is 4. The van der Waals surface area contributed by atoms with Crippen LogP contribution in [0.1, 0.15) is 18.4 Å². The molecule has 1 saturated heterocycles. The Balaban J connectivity index is 1.91. The first kappa shape index (κ1) is 16.2. The lowest BCUT2D eigenvalue weighted by molar-refractivity contribution is -0.133. The molecule has 0 aromatic heterocycles. The second kappa shape index (κ2) is 8.29. The highest BCUT2D eigenvalue weighted by Gasteiger charge is 2.26. The molecule has 1 heterocycles. The van der Waals surface area contributed by atoms with Crippen LogP contribution in [0.2, 0.25) is 0 Å². The number of carbonyl (C=O) groups is 1. The molecule has 2 N–H and O–H groups in total. The van der Waals surface area contributed by atoms with Crippen molar-refractivity contribution < 1.29 is 9.53 Å². The summed E-state index contributed by atoms with van der Waals surface area (Å²) in [6.45, 7) is 1.29. The van der Waals surface area contributed by atoms with Gasteiger partial charge in [0, 0.05) is 37.6 Å². The number of rotatable bonds is 7. The van der Waals surface area contributed by atoms with Crippen molar-refractivity contribution in [1.29, 1.82) is 0 Å². The molecule has 1 aromatic carbocycles. The summed E-state index contributed by atoms with van der Waals surface area (Å²) in [7, 11) is 1.68. The Morgan fingerprint density at radius 3 is 3.05 bits per heavy atom. The Labute approximate surface area is 131 Å². The maximum absolute atomic E-state index is 12.5.